The second kappa shape index (κ2) is 6.23. The molecule has 2 fully saturated rings. The van der Waals surface area contributed by atoms with Crippen LogP contribution in [0.4, 0.5) is 13.2 Å². The molecule has 0 radical (unpaired) electrons. The van der Waals surface area contributed by atoms with E-state index in [9.17, 15) is 23.1 Å². The van der Waals surface area contributed by atoms with Crippen molar-refractivity contribution in [2.24, 2.45) is 11.3 Å². The number of fused-ring (bicyclic) bond motifs is 4. The van der Waals surface area contributed by atoms with E-state index in [4.69, 9.17) is 0 Å². The molecular weight excluding hydrogens is 383 g/mol. The Morgan fingerprint density at radius 1 is 1.14 bits per heavy atom. The lowest BCUT2D eigenvalue weighted by Crippen LogP contribution is -2.49. The van der Waals surface area contributed by atoms with Gasteiger partial charge in [0.15, 0.2) is 0 Å². The van der Waals surface area contributed by atoms with Crippen LogP contribution < -0.4 is 4.74 Å². The summed E-state index contributed by atoms with van der Waals surface area (Å²) in [5.41, 5.74) is 2.04. The molecule has 0 bridgehead atoms. The molecule has 0 saturated carbocycles. The van der Waals surface area contributed by atoms with Crippen molar-refractivity contribution in [3.05, 3.63) is 65.2 Å². The SMILES string of the molecule is O=C(O)C12Cc3ccccc3C(c3ccc(OC(F)(F)F)cc3)C1C1CCN1C2. The molecule has 0 amide bonds. The molecular formula is C22H20F3NO3. The first-order chi connectivity index (χ1) is 13.8. The van der Waals surface area contributed by atoms with E-state index in [0.717, 1.165) is 29.7 Å². The molecule has 2 aromatic rings. The number of benzene rings is 2. The average molecular weight is 403 g/mol. The fourth-order valence-electron chi connectivity index (χ4n) is 5.70. The summed E-state index contributed by atoms with van der Waals surface area (Å²) in [6.07, 6.45) is -3.30. The largest absolute Gasteiger partial charge is 0.573 e. The van der Waals surface area contributed by atoms with Gasteiger partial charge in [-0.15, -0.1) is 13.2 Å². The van der Waals surface area contributed by atoms with Crippen LogP contribution in [0.25, 0.3) is 0 Å². The van der Waals surface area contributed by atoms with E-state index in [-0.39, 0.29) is 23.6 Å². The first-order valence-electron chi connectivity index (χ1n) is 9.69. The highest BCUT2D eigenvalue weighted by Crippen LogP contribution is 2.59. The summed E-state index contributed by atoms with van der Waals surface area (Å²) in [7, 11) is 0. The van der Waals surface area contributed by atoms with Gasteiger partial charge in [0.2, 0.25) is 0 Å². The highest BCUT2D eigenvalue weighted by atomic mass is 19.4. The number of ether oxygens (including phenoxy) is 1. The van der Waals surface area contributed by atoms with E-state index in [0.29, 0.717) is 13.0 Å². The molecule has 4 atom stereocenters. The predicted molar refractivity (Wildman–Crippen MR) is 98.7 cm³/mol. The molecule has 2 saturated heterocycles. The Hall–Kier alpha value is -2.54. The maximum Gasteiger partial charge on any atom is 0.573 e. The third-order valence-electron chi connectivity index (χ3n) is 6.87. The Labute approximate surface area is 165 Å². The standard InChI is InChI=1S/C22H20F3NO3/c23-22(24,25)29-15-7-5-13(6-8-15)18-16-4-2-1-3-14(16)11-21(20(27)28)12-26-10-9-17(26)19(18)21/h1-8,17-19H,9-12H2,(H,27,28). The van der Waals surface area contributed by atoms with Gasteiger partial charge in [0, 0.05) is 24.4 Å². The molecule has 4 nitrogen and oxygen atoms in total. The van der Waals surface area contributed by atoms with Gasteiger partial charge < -0.3 is 9.84 Å². The quantitative estimate of drug-likeness (QED) is 0.840. The minimum absolute atomic E-state index is 0.113. The molecule has 1 N–H and O–H groups in total. The van der Waals surface area contributed by atoms with Crippen LogP contribution in [0.3, 0.4) is 0 Å². The lowest BCUT2D eigenvalue weighted by atomic mass is 9.57. The molecule has 5 rings (SSSR count). The van der Waals surface area contributed by atoms with Crippen molar-refractivity contribution in [2.75, 3.05) is 13.1 Å². The Bertz CT molecular complexity index is 959. The Kier molecular flexibility index (Phi) is 3.97. The summed E-state index contributed by atoms with van der Waals surface area (Å²) in [6.45, 7) is 1.43. The second-order valence-electron chi connectivity index (χ2n) is 8.28. The topological polar surface area (TPSA) is 49.8 Å². The van der Waals surface area contributed by atoms with Crippen molar-refractivity contribution in [1.82, 2.24) is 4.90 Å². The van der Waals surface area contributed by atoms with Crippen LogP contribution in [0.2, 0.25) is 0 Å². The van der Waals surface area contributed by atoms with Crippen molar-refractivity contribution in [3.8, 4) is 5.75 Å². The van der Waals surface area contributed by atoms with Crippen molar-refractivity contribution >= 4 is 5.97 Å². The molecule has 4 unspecified atom stereocenters. The molecule has 1 aliphatic carbocycles. The molecule has 152 valence electrons. The van der Waals surface area contributed by atoms with E-state index in [1.807, 2.05) is 24.3 Å². The van der Waals surface area contributed by atoms with Gasteiger partial charge in [-0.25, -0.2) is 0 Å². The van der Waals surface area contributed by atoms with Crippen molar-refractivity contribution < 1.29 is 27.8 Å². The number of aliphatic carboxylic acids is 1. The number of hydrogen-bond acceptors (Lipinski definition) is 3. The van der Waals surface area contributed by atoms with E-state index < -0.39 is 17.7 Å². The van der Waals surface area contributed by atoms with Crippen molar-refractivity contribution in [3.63, 3.8) is 0 Å². The number of carboxylic acids is 1. The monoisotopic (exact) mass is 403 g/mol. The van der Waals surface area contributed by atoms with E-state index in [1.54, 1.807) is 12.1 Å². The van der Waals surface area contributed by atoms with Crippen LogP contribution >= 0.6 is 0 Å². The van der Waals surface area contributed by atoms with Gasteiger partial charge in [-0.05, 0) is 48.2 Å². The molecule has 2 aromatic carbocycles. The zero-order chi connectivity index (χ0) is 20.4. The van der Waals surface area contributed by atoms with Gasteiger partial charge in [-0.2, -0.15) is 0 Å². The summed E-state index contributed by atoms with van der Waals surface area (Å²) >= 11 is 0. The predicted octanol–water partition coefficient (Wildman–Crippen LogP) is 4.05. The number of rotatable bonds is 3. The second-order valence-corrected chi connectivity index (χ2v) is 8.28. The maximum atomic E-state index is 12.5. The number of hydrogen-bond donors (Lipinski definition) is 1. The van der Waals surface area contributed by atoms with E-state index >= 15 is 0 Å². The van der Waals surface area contributed by atoms with Crippen LogP contribution in [0.5, 0.6) is 5.75 Å². The Balaban J connectivity index is 1.61. The highest BCUT2D eigenvalue weighted by molar-refractivity contribution is 5.78. The lowest BCUT2D eigenvalue weighted by Gasteiger charge is -2.45. The first-order valence-corrected chi connectivity index (χ1v) is 9.69. The number of nitrogens with zero attached hydrogens (tertiary/aromatic N) is 1. The minimum atomic E-state index is -4.74. The number of alkyl halides is 3. The fourth-order valence-corrected chi connectivity index (χ4v) is 5.70. The highest BCUT2D eigenvalue weighted by Gasteiger charge is 2.64. The third kappa shape index (κ3) is 2.82. The summed E-state index contributed by atoms with van der Waals surface area (Å²) in [5, 5.41) is 10.3. The Morgan fingerprint density at radius 2 is 1.86 bits per heavy atom. The zero-order valence-electron chi connectivity index (χ0n) is 15.5. The lowest BCUT2D eigenvalue weighted by molar-refractivity contribution is -0.274. The summed E-state index contributed by atoms with van der Waals surface area (Å²) in [6, 6.07) is 13.9. The van der Waals surface area contributed by atoms with E-state index in [2.05, 4.69) is 9.64 Å². The minimum Gasteiger partial charge on any atom is -0.481 e. The third-order valence-corrected chi connectivity index (χ3v) is 6.87. The summed E-state index contributed by atoms with van der Waals surface area (Å²) in [5.74, 6) is -1.34. The molecule has 2 heterocycles. The normalized spacial score (nSPS) is 30.7. The van der Waals surface area contributed by atoms with Crippen molar-refractivity contribution in [2.45, 2.75) is 31.2 Å². The molecule has 2 aliphatic heterocycles. The first kappa shape index (κ1) is 18.5. The van der Waals surface area contributed by atoms with E-state index in [1.165, 1.54) is 12.1 Å². The average Bonchev–Trinajstić information content (AvgIpc) is 2.87. The van der Waals surface area contributed by atoms with Crippen LogP contribution in [0.15, 0.2) is 48.5 Å². The molecule has 3 aliphatic rings. The van der Waals surface area contributed by atoms with Crippen LogP contribution in [-0.2, 0) is 11.2 Å². The maximum absolute atomic E-state index is 12.5. The fraction of sp³-hybridized carbons (Fsp3) is 0.409. The molecule has 0 aromatic heterocycles. The van der Waals surface area contributed by atoms with Gasteiger partial charge >= 0.3 is 12.3 Å². The van der Waals surface area contributed by atoms with Gasteiger partial charge in [0.05, 0.1) is 5.41 Å². The summed E-state index contributed by atoms with van der Waals surface area (Å²) in [4.78, 5) is 14.8. The number of carboxylic acid groups (broad SMARTS) is 1. The summed E-state index contributed by atoms with van der Waals surface area (Å²) < 4.78 is 41.6. The van der Waals surface area contributed by atoms with Crippen LogP contribution in [0, 0.1) is 11.3 Å². The smallest absolute Gasteiger partial charge is 0.481 e. The van der Waals surface area contributed by atoms with Gasteiger partial charge in [-0.3, -0.25) is 9.69 Å². The van der Waals surface area contributed by atoms with Gasteiger partial charge in [-0.1, -0.05) is 36.4 Å². The van der Waals surface area contributed by atoms with Crippen molar-refractivity contribution in [1.29, 1.82) is 0 Å². The molecule has 29 heavy (non-hydrogen) atoms. The van der Waals surface area contributed by atoms with Crippen LogP contribution in [-0.4, -0.2) is 41.5 Å². The Morgan fingerprint density at radius 3 is 2.48 bits per heavy atom. The number of carbonyl (C=O) groups is 1. The van der Waals surface area contributed by atoms with Crippen LogP contribution in [0.1, 0.15) is 29.0 Å². The van der Waals surface area contributed by atoms with Gasteiger partial charge in [0.1, 0.15) is 5.75 Å². The van der Waals surface area contributed by atoms with Gasteiger partial charge in [0.25, 0.3) is 0 Å². The molecule has 0 spiro atoms. The molecule has 7 heteroatoms. The number of halogens is 3. The zero-order valence-corrected chi connectivity index (χ0v) is 15.5.